The monoisotopic (exact) mass is 219 g/mol. The van der Waals surface area contributed by atoms with Crippen LogP contribution in [0.15, 0.2) is 12.1 Å². The topological polar surface area (TPSA) is 12.0 Å². The molecule has 0 spiro atoms. The largest absolute Gasteiger partial charge is 0.310 e. The average molecular weight is 219 g/mol. The molecule has 0 aliphatic rings. The van der Waals surface area contributed by atoms with Crippen LogP contribution in [0.4, 0.5) is 0 Å². The standard InChI is InChI=1S/C15H25N/c1-6-7-8-16-14(5)15-12(3)9-11(2)10-13(15)4/h9-10,14,16H,6-8H2,1-5H3. The van der Waals surface area contributed by atoms with Gasteiger partial charge >= 0.3 is 0 Å². The van der Waals surface area contributed by atoms with Crippen molar-refractivity contribution in [1.82, 2.24) is 5.32 Å². The van der Waals surface area contributed by atoms with Gasteiger partial charge in [0.05, 0.1) is 0 Å². The van der Waals surface area contributed by atoms with E-state index in [1.807, 2.05) is 0 Å². The summed E-state index contributed by atoms with van der Waals surface area (Å²) < 4.78 is 0. The van der Waals surface area contributed by atoms with Crippen LogP contribution >= 0.6 is 0 Å². The molecule has 0 aliphatic heterocycles. The van der Waals surface area contributed by atoms with E-state index in [2.05, 4.69) is 52.1 Å². The predicted octanol–water partition coefficient (Wildman–Crippen LogP) is 4.06. The third-order valence-electron chi connectivity index (χ3n) is 3.15. The number of rotatable bonds is 5. The maximum absolute atomic E-state index is 3.60. The Hall–Kier alpha value is -0.820. The molecule has 16 heavy (non-hydrogen) atoms. The summed E-state index contributed by atoms with van der Waals surface area (Å²) >= 11 is 0. The number of benzene rings is 1. The second kappa shape index (κ2) is 6.05. The minimum atomic E-state index is 0.465. The SMILES string of the molecule is CCCCNC(C)c1c(C)cc(C)cc1C. The van der Waals surface area contributed by atoms with Crippen LogP contribution < -0.4 is 5.32 Å². The fourth-order valence-corrected chi connectivity index (χ4v) is 2.47. The first kappa shape index (κ1) is 13.2. The number of aryl methyl sites for hydroxylation is 3. The van der Waals surface area contributed by atoms with Crippen molar-refractivity contribution in [3.05, 3.63) is 34.4 Å². The average Bonchev–Trinajstić information content (AvgIpc) is 2.16. The Kier molecular flexibility index (Phi) is 5.01. The van der Waals surface area contributed by atoms with Gasteiger partial charge in [0.2, 0.25) is 0 Å². The highest BCUT2D eigenvalue weighted by atomic mass is 14.9. The Balaban J connectivity index is 2.78. The van der Waals surface area contributed by atoms with Crippen molar-refractivity contribution in [3.63, 3.8) is 0 Å². The van der Waals surface area contributed by atoms with Gasteiger partial charge in [-0.2, -0.15) is 0 Å². The van der Waals surface area contributed by atoms with Crippen LogP contribution in [0.2, 0.25) is 0 Å². The number of unbranched alkanes of at least 4 members (excludes halogenated alkanes) is 1. The fraction of sp³-hybridized carbons (Fsp3) is 0.600. The molecule has 0 aliphatic carbocycles. The highest BCUT2D eigenvalue weighted by Crippen LogP contribution is 2.23. The molecule has 1 unspecified atom stereocenters. The molecule has 90 valence electrons. The zero-order valence-electron chi connectivity index (χ0n) is 11.4. The Morgan fingerprint density at radius 3 is 2.19 bits per heavy atom. The summed E-state index contributed by atoms with van der Waals surface area (Å²) in [6.45, 7) is 12.2. The summed E-state index contributed by atoms with van der Waals surface area (Å²) in [5, 5.41) is 3.60. The van der Waals surface area contributed by atoms with E-state index in [9.17, 15) is 0 Å². The summed E-state index contributed by atoms with van der Waals surface area (Å²) in [6, 6.07) is 5.02. The molecule has 1 nitrogen and oxygen atoms in total. The minimum Gasteiger partial charge on any atom is -0.310 e. The Labute approximate surface area is 100 Å². The van der Waals surface area contributed by atoms with E-state index in [0.29, 0.717) is 6.04 Å². The summed E-state index contributed by atoms with van der Waals surface area (Å²) in [5.74, 6) is 0. The van der Waals surface area contributed by atoms with E-state index in [1.54, 1.807) is 0 Å². The van der Waals surface area contributed by atoms with Crippen LogP contribution in [0.1, 0.15) is 55.0 Å². The van der Waals surface area contributed by atoms with E-state index in [4.69, 9.17) is 0 Å². The molecule has 1 rings (SSSR count). The van der Waals surface area contributed by atoms with Gasteiger partial charge in [-0.1, -0.05) is 31.0 Å². The summed E-state index contributed by atoms with van der Waals surface area (Å²) in [7, 11) is 0. The molecule has 1 aromatic carbocycles. The zero-order valence-corrected chi connectivity index (χ0v) is 11.4. The molecule has 0 radical (unpaired) electrons. The minimum absolute atomic E-state index is 0.465. The highest BCUT2D eigenvalue weighted by Gasteiger charge is 2.10. The molecule has 0 aromatic heterocycles. The van der Waals surface area contributed by atoms with E-state index in [1.165, 1.54) is 35.1 Å². The van der Waals surface area contributed by atoms with E-state index in [-0.39, 0.29) is 0 Å². The smallest absolute Gasteiger partial charge is 0.0297 e. The summed E-state index contributed by atoms with van der Waals surface area (Å²) in [6.07, 6.45) is 2.51. The summed E-state index contributed by atoms with van der Waals surface area (Å²) in [4.78, 5) is 0. The lowest BCUT2D eigenvalue weighted by molar-refractivity contribution is 0.550. The Bertz CT molecular complexity index is 318. The van der Waals surface area contributed by atoms with Gasteiger partial charge in [0.1, 0.15) is 0 Å². The third-order valence-corrected chi connectivity index (χ3v) is 3.15. The van der Waals surface area contributed by atoms with Gasteiger partial charge in [0.25, 0.3) is 0 Å². The van der Waals surface area contributed by atoms with Crippen molar-refractivity contribution in [2.45, 2.75) is 53.5 Å². The fourth-order valence-electron chi connectivity index (χ4n) is 2.47. The van der Waals surface area contributed by atoms with Crippen molar-refractivity contribution in [2.24, 2.45) is 0 Å². The van der Waals surface area contributed by atoms with Crippen LogP contribution in [0, 0.1) is 20.8 Å². The van der Waals surface area contributed by atoms with Crippen LogP contribution in [0.3, 0.4) is 0 Å². The van der Waals surface area contributed by atoms with Crippen LogP contribution in [-0.4, -0.2) is 6.54 Å². The molecule has 0 heterocycles. The van der Waals surface area contributed by atoms with Crippen LogP contribution in [-0.2, 0) is 0 Å². The molecule has 0 bridgehead atoms. The maximum atomic E-state index is 3.60. The van der Waals surface area contributed by atoms with Crippen LogP contribution in [0.25, 0.3) is 0 Å². The van der Waals surface area contributed by atoms with Gasteiger partial charge in [-0.25, -0.2) is 0 Å². The number of hydrogen-bond donors (Lipinski definition) is 1. The van der Waals surface area contributed by atoms with Crippen molar-refractivity contribution in [3.8, 4) is 0 Å². The molecule has 0 fully saturated rings. The lowest BCUT2D eigenvalue weighted by Gasteiger charge is -2.19. The summed E-state index contributed by atoms with van der Waals surface area (Å²) in [5.41, 5.74) is 5.66. The highest BCUT2D eigenvalue weighted by molar-refractivity contribution is 5.39. The third kappa shape index (κ3) is 3.34. The van der Waals surface area contributed by atoms with Crippen molar-refractivity contribution < 1.29 is 0 Å². The first-order valence-corrected chi connectivity index (χ1v) is 6.37. The predicted molar refractivity (Wildman–Crippen MR) is 72.0 cm³/mol. The van der Waals surface area contributed by atoms with Crippen molar-refractivity contribution >= 4 is 0 Å². The second-order valence-electron chi connectivity index (χ2n) is 4.84. The van der Waals surface area contributed by atoms with Gasteiger partial charge < -0.3 is 5.32 Å². The molecule has 1 N–H and O–H groups in total. The normalized spacial score (nSPS) is 12.8. The Morgan fingerprint density at radius 2 is 1.69 bits per heavy atom. The molecule has 0 saturated carbocycles. The van der Waals surface area contributed by atoms with Crippen molar-refractivity contribution in [2.75, 3.05) is 6.54 Å². The lowest BCUT2D eigenvalue weighted by Crippen LogP contribution is -2.21. The first-order chi connectivity index (χ1) is 7.56. The molecule has 1 atom stereocenters. The number of hydrogen-bond acceptors (Lipinski definition) is 1. The van der Waals surface area contributed by atoms with Crippen molar-refractivity contribution in [1.29, 1.82) is 0 Å². The van der Waals surface area contributed by atoms with Crippen LogP contribution in [0.5, 0.6) is 0 Å². The van der Waals surface area contributed by atoms with E-state index < -0.39 is 0 Å². The van der Waals surface area contributed by atoms with E-state index in [0.717, 1.165) is 6.54 Å². The van der Waals surface area contributed by atoms with Gasteiger partial charge in [-0.3, -0.25) is 0 Å². The molecular weight excluding hydrogens is 194 g/mol. The molecular formula is C15H25N. The lowest BCUT2D eigenvalue weighted by atomic mass is 9.95. The van der Waals surface area contributed by atoms with Gasteiger partial charge in [-0.05, 0) is 57.4 Å². The molecule has 0 saturated heterocycles. The van der Waals surface area contributed by atoms with Gasteiger partial charge in [-0.15, -0.1) is 0 Å². The number of nitrogens with one attached hydrogen (secondary N) is 1. The Morgan fingerprint density at radius 1 is 1.12 bits per heavy atom. The molecule has 1 aromatic rings. The maximum Gasteiger partial charge on any atom is 0.0297 e. The van der Waals surface area contributed by atoms with Gasteiger partial charge in [0.15, 0.2) is 0 Å². The second-order valence-corrected chi connectivity index (χ2v) is 4.84. The van der Waals surface area contributed by atoms with E-state index >= 15 is 0 Å². The zero-order chi connectivity index (χ0) is 12.1. The quantitative estimate of drug-likeness (QED) is 0.736. The van der Waals surface area contributed by atoms with Gasteiger partial charge in [0, 0.05) is 6.04 Å². The molecule has 1 heteroatoms. The first-order valence-electron chi connectivity index (χ1n) is 6.37. The molecule has 0 amide bonds.